The molecule has 0 saturated carbocycles. The van der Waals surface area contributed by atoms with Gasteiger partial charge in [-0.05, 0) is 34.0 Å². The van der Waals surface area contributed by atoms with Crippen LogP contribution in [0.25, 0.3) is 0 Å². The first-order chi connectivity index (χ1) is 12.5. The van der Waals surface area contributed by atoms with Crippen LogP contribution in [-0.2, 0) is 4.79 Å². The zero-order valence-corrected chi connectivity index (χ0v) is 16.3. The monoisotopic (exact) mass is 437 g/mol. The highest BCUT2D eigenvalue weighted by atomic mass is 32.2. The number of thioether (sulfide) groups is 1. The standard InChI is InChI=1S/C14H18F7N5OS/c1-6-26(7(27)12(15,16)13(17,18)14(19,20)21)9-22-8(25-11(2,3)4)23-10(24-9)28-5/h6H2,1-5H3,(H,22,23,24,25). The lowest BCUT2D eigenvalue weighted by Gasteiger charge is -2.30. The van der Waals surface area contributed by atoms with Crippen molar-refractivity contribution in [2.75, 3.05) is 23.0 Å². The number of nitrogens with zero attached hydrogens (tertiary/aromatic N) is 4. The minimum Gasteiger partial charge on any atom is -0.349 e. The van der Waals surface area contributed by atoms with E-state index in [1.54, 1.807) is 20.8 Å². The summed E-state index contributed by atoms with van der Waals surface area (Å²) in [6.07, 6.45) is -5.13. The third-order valence-corrected chi connectivity index (χ3v) is 3.64. The molecule has 0 bridgehead atoms. The fourth-order valence-corrected chi connectivity index (χ4v) is 2.16. The summed E-state index contributed by atoms with van der Waals surface area (Å²) in [4.78, 5) is 23.2. The lowest BCUT2D eigenvalue weighted by molar-refractivity contribution is -0.343. The lowest BCUT2D eigenvalue weighted by atomic mass is 10.1. The van der Waals surface area contributed by atoms with E-state index in [0.717, 1.165) is 18.7 Å². The van der Waals surface area contributed by atoms with Crippen molar-refractivity contribution in [2.45, 2.75) is 56.4 Å². The van der Waals surface area contributed by atoms with Crippen LogP contribution in [0.2, 0.25) is 0 Å². The lowest BCUT2D eigenvalue weighted by Crippen LogP contribution is -2.60. The molecule has 14 heteroatoms. The number of hydrogen-bond acceptors (Lipinski definition) is 6. The Labute approximate surface area is 160 Å². The number of aromatic nitrogens is 3. The van der Waals surface area contributed by atoms with Crippen LogP contribution in [0.4, 0.5) is 42.6 Å². The van der Waals surface area contributed by atoms with E-state index >= 15 is 0 Å². The molecule has 1 aromatic rings. The van der Waals surface area contributed by atoms with Gasteiger partial charge in [0.05, 0.1) is 0 Å². The Hall–Kier alpha value is -1.86. The Morgan fingerprint density at radius 1 is 1.04 bits per heavy atom. The van der Waals surface area contributed by atoms with Gasteiger partial charge in [-0.3, -0.25) is 9.69 Å². The zero-order valence-electron chi connectivity index (χ0n) is 15.5. The fraction of sp³-hybridized carbons (Fsp3) is 0.714. The van der Waals surface area contributed by atoms with Gasteiger partial charge in [-0.2, -0.15) is 45.7 Å². The summed E-state index contributed by atoms with van der Waals surface area (Å²) in [5.74, 6) is -16.4. The quantitative estimate of drug-likeness (QED) is 0.536. The molecule has 1 amide bonds. The van der Waals surface area contributed by atoms with Gasteiger partial charge in [0.15, 0.2) is 5.16 Å². The summed E-state index contributed by atoms with van der Waals surface area (Å²) in [6.45, 7) is 5.52. The van der Waals surface area contributed by atoms with Gasteiger partial charge in [-0.1, -0.05) is 11.8 Å². The molecular formula is C14H18F7N5OS. The molecule has 0 spiro atoms. The third kappa shape index (κ3) is 4.94. The number of carbonyl (C=O) groups is 1. The maximum absolute atomic E-state index is 13.8. The molecule has 28 heavy (non-hydrogen) atoms. The maximum atomic E-state index is 13.8. The van der Waals surface area contributed by atoms with E-state index in [2.05, 4.69) is 20.3 Å². The highest BCUT2D eigenvalue weighted by molar-refractivity contribution is 7.98. The molecule has 6 nitrogen and oxygen atoms in total. The van der Waals surface area contributed by atoms with Crippen molar-refractivity contribution < 1.29 is 35.5 Å². The fourth-order valence-electron chi connectivity index (χ4n) is 1.81. The van der Waals surface area contributed by atoms with Crippen LogP contribution in [0.1, 0.15) is 27.7 Å². The molecule has 0 radical (unpaired) electrons. The van der Waals surface area contributed by atoms with Crippen LogP contribution >= 0.6 is 11.8 Å². The average molecular weight is 437 g/mol. The van der Waals surface area contributed by atoms with Crippen molar-refractivity contribution in [3.05, 3.63) is 0 Å². The number of rotatable bonds is 6. The van der Waals surface area contributed by atoms with E-state index in [1.165, 1.54) is 6.26 Å². The van der Waals surface area contributed by atoms with Crippen molar-refractivity contribution in [1.82, 2.24) is 15.0 Å². The Bertz CT molecular complexity index is 721. The van der Waals surface area contributed by atoms with E-state index in [1.807, 2.05) is 0 Å². The van der Waals surface area contributed by atoms with E-state index in [4.69, 9.17) is 0 Å². The number of halogens is 7. The van der Waals surface area contributed by atoms with Crippen molar-refractivity contribution in [1.29, 1.82) is 0 Å². The van der Waals surface area contributed by atoms with Gasteiger partial charge in [0.1, 0.15) is 0 Å². The molecule has 1 N–H and O–H groups in total. The summed E-state index contributed by atoms with van der Waals surface area (Å²) >= 11 is 0.924. The number of amides is 1. The van der Waals surface area contributed by atoms with E-state index in [9.17, 15) is 35.5 Å². The zero-order chi connectivity index (χ0) is 22.1. The Morgan fingerprint density at radius 3 is 1.96 bits per heavy atom. The predicted molar refractivity (Wildman–Crippen MR) is 89.0 cm³/mol. The molecule has 0 atom stereocenters. The molecule has 0 aliphatic carbocycles. The molecule has 0 fully saturated rings. The second-order valence-corrected chi connectivity index (χ2v) is 7.29. The van der Waals surface area contributed by atoms with Gasteiger partial charge < -0.3 is 5.32 Å². The highest BCUT2D eigenvalue weighted by Gasteiger charge is 2.77. The molecule has 1 heterocycles. The van der Waals surface area contributed by atoms with Gasteiger partial charge in [-0.25, -0.2) is 0 Å². The first-order valence-electron chi connectivity index (χ1n) is 7.70. The minimum atomic E-state index is -6.63. The van der Waals surface area contributed by atoms with E-state index in [0.29, 0.717) is 0 Å². The summed E-state index contributed by atoms with van der Waals surface area (Å²) in [5.41, 5.74) is -0.609. The van der Waals surface area contributed by atoms with Crippen molar-refractivity contribution in [3.63, 3.8) is 0 Å². The van der Waals surface area contributed by atoms with Gasteiger partial charge in [-0.15, -0.1) is 0 Å². The number of carbonyl (C=O) groups excluding carboxylic acids is 1. The minimum absolute atomic E-state index is 0.0467. The molecule has 0 aromatic carbocycles. The van der Waals surface area contributed by atoms with Crippen molar-refractivity contribution in [2.24, 2.45) is 0 Å². The van der Waals surface area contributed by atoms with Gasteiger partial charge >= 0.3 is 23.9 Å². The first kappa shape index (κ1) is 24.2. The number of nitrogens with one attached hydrogen (secondary N) is 1. The molecule has 160 valence electrons. The van der Waals surface area contributed by atoms with Crippen LogP contribution < -0.4 is 10.2 Å². The SMILES string of the molecule is CCN(C(=O)C(F)(F)C(F)(F)C(F)(F)F)c1nc(NC(C)(C)C)nc(SC)n1. The molecule has 0 aliphatic heterocycles. The Balaban J connectivity index is 3.44. The molecule has 1 aromatic heterocycles. The van der Waals surface area contributed by atoms with Crippen molar-refractivity contribution >= 4 is 29.6 Å². The number of anilines is 2. The summed E-state index contributed by atoms with van der Waals surface area (Å²) in [7, 11) is 0. The molecule has 0 aliphatic rings. The summed E-state index contributed by atoms with van der Waals surface area (Å²) < 4.78 is 91.2. The summed E-state index contributed by atoms with van der Waals surface area (Å²) in [6, 6.07) is 0. The normalized spacial score (nSPS) is 13.4. The predicted octanol–water partition coefficient (Wildman–Crippen LogP) is 3.99. The van der Waals surface area contributed by atoms with Crippen molar-refractivity contribution in [3.8, 4) is 0 Å². The van der Waals surface area contributed by atoms with Gasteiger partial charge in [0, 0.05) is 12.1 Å². The maximum Gasteiger partial charge on any atom is 0.460 e. The third-order valence-electron chi connectivity index (χ3n) is 3.09. The highest BCUT2D eigenvalue weighted by Crippen LogP contribution is 2.47. The first-order valence-corrected chi connectivity index (χ1v) is 8.93. The smallest absolute Gasteiger partial charge is 0.349 e. The average Bonchev–Trinajstić information content (AvgIpc) is 2.52. The van der Waals surface area contributed by atoms with Crippen LogP contribution in [0.5, 0.6) is 0 Å². The second-order valence-electron chi connectivity index (χ2n) is 6.52. The molecule has 1 rings (SSSR count). The molecule has 0 saturated heterocycles. The Kier molecular flexibility index (Phi) is 6.80. The van der Waals surface area contributed by atoms with Gasteiger partial charge in [0.2, 0.25) is 11.9 Å². The molecular weight excluding hydrogens is 419 g/mol. The largest absolute Gasteiger partial charge is 0.460 e. The number of hydrogen-bond donors (Lipinski definition) is 1. The van der Waals surface area contributed by atoms with E-state index < -0.39 is 42.0 Å². The van der Waals surface area contributed by atoms with Gasteiger partial charge in [0.25, 0.3) is 0 Å². The van der Waals surface area contributed by atoms with Crippen LogP contribution in [0, 0.1) is 0 Å². The van der Waals surface area contributed by atoms with Crippen LogP contribution in [-0.4, -0.2) is 57.2 Å². The molecule has 0 unspecified atom stereocenters. The number of alkyl halides is 7. The van der Waals surface area contributed by atoms with Crippen LogP contribution in [0.15, 0.2) is 5.16 Å². The van der Waals surface area contributed by atoms with E-state index in [-0.39, 0.29) is 16.0 Å². The topological polar surface area (TPSA) is 71.0 Å². The van der Waals surface area contributed by atoms with Crippen LogP contribution in [0.3, 0.4) is 0 Å². The second kappa shape index (κ2) is 7.87. The summed E-state index contributed by atoms with van der Waals surface area (Å²) in [5, 5.41) is 2.72. The Morgan fingerprint density at radius 2 is 1.57 bits per heavy atom.